The van der Waals surface area contributed by atoms with Crippen LogP contribution in [0.15, 0.2) is 0 Å². The van der Waals surface area contributed by atoms with E-state index in [-0.39, 0.29) is 24.2 Å². The minimum Gasteiger partial charge on any atom is -0.369 e. The Morgan fingerprint density at radius 2 is 2.00 bits per heavy atom. The van der Waals surface area contributed by atoms with Crippen molar-refractivity contribution in [3.63, 3.8) is 0 Å². The monoisotopic (exact) mass is 296 g/mol. The summed E-state index contributed by atoms with van der Waals surface area (Å²) in [6.45, 7) is 8.33. The van der Waals surface area contributed by atoms with E-state index in [1.165, 1.54) is 32.1 Å². The maximum Gasteiger partial charge on any atom is 0.249 e. The molecule has 0 N–H and O–H groups in total. The number of rotatable bonds is 5. The molecule has 1 aliphatic carbocycles. The van der Waals surface area contributed by atoms with Crippen molar-refractivity contribution >= 4 is 5.91 Å². The topological polar surface area (TPSA) is 32.8 Å². The molecule has 0 unspecified atom stereocenters. The Morgan fingerprint density at radius 1 is 1.33 bits per heavy atom. The number of carbonyl (C=O) groups excluding carboxylic acids is 1. The second-order valence-corrected chi connectivity index (χ2v) is 7.08. The molecule has 0 aromatic carbocycles. The molecule has 4 nitrogen and oxygen atoms in total. The molecular formula is C17H32N2O2. The second kappa shape index (κ2) is 7.10. The molecule has 0 aromatic heterocycles. The maximum atomic E-state index is 12.7. The Hall–Kier alpha value is -0.610. The largest absolute Gasteiger partial charge is 0.369 e. The first-order chi connectivity index (χ1) is 9.98. The zero-order valence-corrected chi connectivity index (χ0v) is 14.2. The molecule has 21 heavy (non-hydrogen) atoms. The maximum absolute atomic E-state index is 12.7. The number of hydrogen-bond acceptors (Lipinski definition) is 3. The lowest BCUT2D eigenvalue weighted by atomic mass is 9.79. The highest BCUT2D eigenvalue weighted by molar-refractivity contribution is 5.79. The lowest BCUT2D eigenvalue weighted by Gasteiger charge is -2.41. The molecule has 1 spiro atoms. The normalized spacial score (nSPS) is 25.2. The predicted octanol–water partition coefficient (Wildman–Crippen LogP) is 2.67. The highest BCUT2D eigenvalue weighted by atomic mass is 16.5. The number of likely N-dealkylation sites (tertiary alicyclic amines) is 1. The number of nitrogens with zero attached hydrogens (tertiary/aromatic N) is 2. The van der Waals surface area contributed by atoms with E-state index < -0.39 is 0 Å². The summed E-state index contributed by atoms with van der Waals surface area (Å²) >= 11 is 0. The van der Waals surface area contributed by atoms with Gasteiger partial charge in [-0.05, 0) is 46.7 Å². The van der Waals surface area contributed by atoms with E-state index in [4.69, 9.17) is 4.74 Å². The molecule has 1 heterocycles. The first-order valence-corrected chi connectivity index (χ1v) is 8.61. The van der Waals surface area contributed by atoms with Gasteiger partial charge in [0.25, 0.3) is 0 Å². The van der Waals surface area contributed by atoms with Crippen molar-refractivity contribution in [2.24, 2.45) is 0 Å². The van der Waals surface area contributed by atoms with Crippen LogP contribution in [0.5, 0.6) is 0 Å². The standard InChI is InChI=1S/C17H32N2O2/c1-5-18(4)15-11-17(9-7-6-8-10-17)19(12-15)16(20)13-21-14(2)3/h14-15H,5-13H2,1-4H3/t15-/m0/s1. The van der Waals surface area contributed by atoms with Gasteiger partial charge in [0.1, 0.15) is 6.61 Å². The zero-order chi connectivity index (χ0) is 15.5. The molecule has 1 saturated heterocycles. The Kier molecular flexibility index (Phi) is 5.67. The van der Waals surface area contributed by atoms with Gasteiger partial charge in [0.05, 0.1) is 6.10 Å². The number of ether oxygens (including phenoxy) is 1. The van der Waals surface area contributed by atoms with Gasteiger partial charge in [0, 0.05) is 18.1 Å². The molecule has 2 fully saturated rings. The number of amides is 1. The molecule has 1 aliphatic heterocycles. The van der Waals surface area contributed by atoms with Gasteiger partial charge in [0.15, 0.2) is 0 Å². The summed E-state index contributed by atoms with van der Waals surface area (Å²) in [5.74, 6) is 0.192. The quantitative estimate of drug-likeness (QED) is 0.782. The smallest absolute Gasteiger partial charge is 0.249 e. The molecule has 0 bridgehead atoms. The van der Waals surface area contributed by atoms with Crippen LogP contribution in [0.4, 0.5) is 0 Å². The van der Waals surface area contributed by atoms with Gasteiger partial charge in [-0.3, -0.25) is 4.79 Å². The lowest BCUT2D eigenvalue weighted by Crippen LogP contribution is -2.50. The summed E-state index contributed by atoms with van der Waals surface area (Å²) in [5, 5.41) is 0. The van der Waals surface area contributed by atoms with Crippen molar-refractivity contribution in [3.05, 3.63) is 0 Å². The third kappa shape index (κ3) is 3.78. The molecular weight excluding hydrogens is 264 g/mol. The first-order valence-electron chi connectivity index (χ1n) is 8.61. The van der Waals surface area contributed by atoms with E-state index in [1.54, 1.807) is 0 Å². The third-order valence-electron chi connectivity index (χ3n) is 5.33. The Bertz CT molecular complexity index is 351. The summed E-state index contributed by atoms with van der Waals surface area (Å²) in [6, 6.07) is 0.510. The highest BCUT2D eigenvalue weighted by Crippen LogP contribution is 2.42. The van der Waals surface area contributed by atoms with Gasteiger partial charge in [0.2, 0.25) is 5.91 Å². The summed E-state index contributed by atoms with van der Waals surface area (Å²) < 4.78 is 5.57. The van der Waals surface area contributed by atoms with Crippen LogP contribution < -0.4 is 0 Å². The fraction of sp³-hybridized carbons (Fsp3) is 0.941. The summed E-state index contributed by atoms with van der Waals surface area (Å²) in [4.78, 5) is 17.2. The third-order valence-corrected chi connectivity index (χ3v) is 5.33. The SMILES string of the molecule is CCN(C)[C@@H]1CN(C(=O)COC(C)C)C2(CCCCC2)C1. The molecule has 2 rings (SSSR count). The first kappa shape index (κ1) is 16.8. The van der Waals surface area contributed by atoms with Crippen LogP contribution in [0.3, 0.4) is 0 Å². The Morgan fingerprint density at radius 3 is 2.57 bits per heavy atom. The van der Waals surface area contributed by atoms with Gasteiger partial charge >= 0.3 is 0 Å². The molecule has 0 radical (unpaired) electrons. The Labute approximate surface area is 129 Å². The van der Waals surface area contributed by atoms with Gasteiger partial charge in [-0.2, -0.15) is 0 Å². The van der Waals surface area contributed by atoms with Crippen molar-refractivity contribution in [2.45, 2.75) is 77.0 Å². The molecule has 1 saturated carbocycles. The lowest BCUT2D eigenvalue weighted by molar-refractivity contribution is -0.143. The fourth-order valence-corrected chi connectivity index (χ4v) is 3.94. The van der Waals surface area contributed by atoms with Crippen LogP contribution in [0.2, 0.25) is 0 Å². The highest BCUT2D eigenvalue weighted by Gasteiger charge is 2.48. The van der Waals surface area contributed by atoms with E-state index in [1.807, 2.05) is 13.8 Å². The molecule has 1 atom stereocenters. The van der Waals surface area contributed by atoms with E-state index in [0.717, 1.165) is 19.5 Å². The zero-order valence-electron chi connectivity index (χ0n) is 14.2. The van der Waals surface area contributed by atoms with Crippen molar-refractivity contribution in [1.29, 1.82) is 0 Å². The molecule has 1 amide bonds. The van der Waals surface area contributed by atoms with Crippen LogP contribution in [0.25, 0.3) is 0 Å². The summed E-state index contributed by atoms with van der Waals surface area (Å²) in [5.41, 5.74) is 0.115. The van der Waals surface area contributed by atoms with Crippen LogP contribution in [-0.2, 0) is 9.53 Å². The molecule has 122 valence electrons. The van der Waals surface area contributed by atoms with Gasteiger partial charge in [-0.15, -0.1) is 0 Å². The molecule has 4 heteroatoms. The van der Waals surface area contributed by atoms with Crippen molar-refractivity contribution < 1.29 is 9.53 Å². The van der Waals surface area contributed by atoms with Crippen LogP contribution in [-0.4, -0.2) is 60.1 Å². The van der Waals surface area contributed by atoms with Crippen molar-refractivity contribution in [3.8, 4) is 0 Å². The average Bonchev–Trinajstić information content (AvgIpc) is 2.83. The minimum absolute atomic E-state index is 0.115. The Balaban J connectivity index is 2.09. The van der Waals surface area contributed by atoms with Crippen LogP contribution >= 0.6 is 0 Å². The fourth-order valence-electron chi connectivity index (χ4n) is 3.94. The van der Waals surface area contributed by atoms with E-state index in [9.17, 15) is 4.79 Å². The van der Waals surface area contributed by atoms with Crippen LogP contribution in [0, 0.1) is 0 Å². The van der Waals surface area contributed by atoms with E-state index in [0.29, 0.717) is 6.04 Å². The van der Waals surface area contributed by atoms with E-state index >= 15 is 0 Å². The number of hydrogen-bond donors (Lipinski definition) is 0. The summed E-state index contributed by atoms with van der Waals surface area (Å²) in [7, 11) is 2.18. The molecule has 0 aromatic rings. The van der Waals surface area contributed by atoms with Gasteiger partial charge in [-0.1, -0.05) is 26.2 Å². The van der Waals surface area contributed by atoms with E-state index in [2.05, 4.69) is 23.8 Å². The molecule has 2 aliphatic rings. The van der Waals surface area contributed by atoms with Crippen molar-refractivity contribution in [2.75, 3.05) is 26.7 Å². The average molecular weight is 296 g/mol. The van der Waals surface area contributed by atoms with Gasteiger partial charge in [-0.25, -0.2) is 0 Å². The van der Waals surface area contributed by atoms with Gasteiger partial charge < -0.3 is 14.5 Å². The van der Waals surface area contributed by atoms with Crippen LogP contribution in [0.1, 0.15) is 59.3 Å². The number of carbonyl (C=O) groups is 1. The summed E-state index contributed by atoms with van der Waals surface area (Å²) in [6.07, 6.45) is 7.45. The second-order valence-electron chi connectivity index (χ2n) is 7.08. The minimum atomic E-state index is 0.115. The van der Waals surface area contributed by atoms with Crippen molar-refractivity contribution in [1.82, 2.24) is 9.80 Å². The number of likely N-dealkylation sites (N-methyl/N-ethyl adjacent to an activating group) is 1. The predicted molar refractivity (Wildman–Crippen MR) is 85.3 cm³/mol.